The Labute approximate surface area is 122 Å². The molecule has 0 aliphatic heterocycles. The second-order valence-corrected chi connectivity index (χ2v) is 4.27. The van der Waals surface area contributed by atoms with Gasteiger partial charge in [-0.3, -0.25) is 4.79 Å². The summed E-state index contributed by atoms with van der Waals surface area (Å²) in [5.41, 5.74) is 22.2. The van der Waals surface area contributed by atoms with Crippen molar-refractivity contribution >= 4 is 23.2 Å². The van der Waals surface area contributed by atoms with Crippen molar-refractivity contribution in [1.82, 2.24) is 4.98 Å². The van der Waals surface area contributed by atoms with E-state index in [9.17, 15) is 4.79 Å². The summed E-state index contributed by atoms with van der Waals surface area (Å²) in [5.74, 6) is 0.543. The van der Waals surface area contributed by atoms with Gasteiger partial charge < -0.3 is 33.4 Å². The number of anilines is 3. The molecule has 0 aromatic carbocycles. The zero-order chi connectivity index (χ0) is 15.8. The van der Waals surface area contributed by atoms with Gasteiger partial charge in [0.1, 0.15) is 17.4 Å². The maximum Gasteiger partial charge on any atom is 0.239 e. The summed E-state index contributed by atoms with van der Waals surface area (Å²) in [6.45, 7) is -0.0913. The summed E-state index contributed by atoms with van der Waals surface area (Å²) in [7, 11) is 0. The highest BCUT2D eigenvalue weighted by Crippen LogP contribution is 2.14. The van der Waals surface area contributed by atoms with Crippen molar-refractivity contribution in [3.05, 3.63) is 35.7 Å². The molecule has 0 bridgehead atoms. The zero-order valence-corrected chi connectivity index (χ0v) is 11.5. The number of nitrogens with zero attached hydrogens (tertiary/aromatic N) is 1. The number of carbonyl (C=O) groups excluding carboxylic acids is 1. The molecule has 1 heterocycles. The maximum atomic E-state index is 10.8. The van der Waals surface area contributed by atoms with Gasteiger partial charge in [0.25, 0.3) is 0 Å². The Hall–Kier alpha value is -2.74. The molecule has 0 spiro atoms. The topological polar surface area (TPSA) is 166 Å². The van der Waals surface area contributed by atoms with Gasteiger partial charge in [0.15, 0.2) is 0 Å². The van der Waals surface area contributed by atoms with E-state index in [1.54, 1.807) is 18.2 Å². The molecule has 2 rings (SSSR count). The number of aliphatic hydroxyl groups is 1. The van der Waals surface area contributed by atoms with E-state index in [-0.39, 0.29) is 18.3 Å². The van der Waals surface area contributed by atoms with Crippen molar-refractivity contribution in [1.29, 1.82) is 0 Å². The van der Waals surface area contributed by atoms with Gasteiger partial charge in [-0.25, -0.2) is 4.98 Å². The number of aliphatic hydroxyl groups excluding tert-OH is 1. The molecule has 1 aromatic heterocycles. The molecular formula is C13H20N6O2. The predicted octanol–water partition coefficient (Wildman–Crippen LogP) is 0.208. The number of nitrogen functional groups attached to an aromatic ring is 2. The molecule has 114 valence electrons. The summed E-state index contributed by atoms with van der Waals surface area (Å²) in [4.78, 5) is 14.7. The number of aromatic nitrogens is 1. The van der Waals surface area contributed by atoms with Gasteiger partial charge in [0, 0.05) is 6.42 Å². The van der Waals surface area contributed by atoms with E-state index < -0.39 is 0 Å². The Bertz CT molecular complexity index is 568. The summed E-state index contributed by atoms with van der Waals surface area (Å²) in [6.07, 6.45) is 5.29. The molecule has 1 amide bonds. The quantitative estimate of drug-likeness (QED) is 0.453. The van der Waals surface area contributed by atoms with Crippen molar-refractivity contribution in [2.24, 2.45) is 11.5 Å². The van der Waals surface area contributed by atoms with Gasteiger partial charge in [-0.05, 0) is 24.6 Å². The molecule has 1 aliphatic carbocycles. The van der Waals surface area contributed by atoms with E-state index in [0.717, 1.165) is 6.42 Å². The minimum absolute atomic E-state index is 0.0913. The Balaban J connectivity index is 0.000000235. The van der Waals surface area contributed by atoms with E-state index in [2.05, 4.69) is 10.3 Å². The van der Waals surface area contributed by atoms with Crippen LogP contribution in [0.5, 0.6) is 0 Å². The number of amides is 1. The number of pyridine rings is 1. The van der Waals surface area contributed by atoms with Gasteiger partial charge in [0.2, 0.25) is 5.91 Å². The van der Waals surface area contributed by atoms with Crippen LogP contribution < -0.4 is 28.3 Å². The number of hydrogen-bond acceptors (Lipinski definition) is 7. The Morgan fingerprint density at radius 1 is 1.33 bits per heavy atom. The van der Waals surface area contributed by atoms with E-state index in [4.69, 9.17) is 28.0 Å². The van der Waals surface area contributed by atoms with E-state index in [1.807, 2.05) is 6.08 Å². The number of nitrogens with one attached hydrogen (secondary N) is 1. The first-order valence-electron chi connectivity index (χ1n) is 6.30. The van der Waals surface area contributed by atoms with Crippen LogP contribution in [0.15, 0.2) is 35.7 Å². The van der Waals surface area contributed by atoms with E-state index in [1.165, 1.54) is 0 Å². The number of carbonyl (C=O) groups is 1. The Kier molecular flexibility index (Phi) is 6.02. The van der Waals surface area contributed by atoms with Crippen LogP contribution in [-0.4, -0.2) is 22.5 Å². The summed E-state index contributed by atoms with van der Waals surface area (Å²) < 4.78 is 0. The largest absolute Gasteiger partial charge is 0.510 e. The molecule has 0 fully saturated rings. The Morgan fingerprint density at radius 3 is 2.52 bits per heavy atom. The molecule has 8 nitrogen and oxygen atoms in total. The van der Waals surface area contributed by atoms with Gasteiger partial charge >= 0.3 is 0 Å². The van der Waals surface area contributed by atoms with Gasteiger partial charge in [-0.2, -0.15) is 0 Å². The minimum atomic E-state index is -0.323. The SMILES string of the molecule is NC1=C(O)CCC=C1.NCC(=O)Nc1ccc(N)c(N)n1. The number of hydrogen-bond donors (Lipinski definition) is 6. The van der Waals surface area contributed by atoms with Crippen LogP contribution in [-0.2, 0) is 4.79 Å². The molecule has 0 radical (unpaired) electrons. The van der Waals surface area contributed by atoms with Crippen LogP contribution in [0.4, 0.5) is 17.3 Å². The summed E-state index contributed by atoms with van der Waals surface area (Å²) in [6, 6.07) is 3.12. The maximum absolute atomic E-state index is 10.8. The molecule has 21 heavy (non-hydrogen) atoms. The highest BCUT2D eigenvalue weighted by atomic mass is 16.3. The number of nitrogens with two attached hydrogens (primary N) is 4. The van der Waals surface area contributed by atoms with E-state index in [0.29, 0.717) is 29.4 Å². The van der Waals surface area contributed by atoms with Crippen LogP contribution in [0.2, 0.25) is 0 Å². The Morgan fingerprint density at radius 2 is 2.05 bits per heavy atom. The van der Waals surface area contributed by atoms with Crippen molar-refractivity contribution in [3.8, 4) is 0 Å². The van der Waals surface area contributed by atoms with Gasteiger partial charge in [0.05, 0.1) is 17.9 Å². The van der Waals surface area contributed by atoms with Crippen LogP contribution in [0.3, 0.4) is 0 Å². The molecule has 10 N–H and O–H groups in total. The van der Waals surface area contributed by atoms with Crippen molar-refractivity contribution in [2.75, 3.05) is 23.3 Å². The fourth-order valence-electron chi connectivity index (χ4n) is 1.42. The predicted molar refractivity (Wildman–Crippen MR) is 83.0 cm³/mol. The van der Waals surface area contributed by atoms with Crippen LogP contribution in [0.1, 0.15) is 12.8 Å². The lowest BCUT2D eigenvalue weighted by Crippen LogP contribution is -2.22. The first-order valence-corrected chi connectivity index (χ1v) is 6.30. The fourth-order valence-corrected chi connectivity index (χ4v) is 1.42. The second-order valence-electron chi connectivity index (χ2n) is 4.27. The number of allylic oxidation sites excluding steroid dienone is 3. The molecule has 0 saturated heterocycles. The molecule has 0 saturated carbocycles. The van der Waals surface area contributed by atoms with Crippen LogP contribution >= 0.6 is 0 Å². The normalized spacial score (nSPS) is 13.4. The van der Waals surface area contributed by atoms with Crippen molar-refractivity contribution < 1.29 is 9.90 Å². The van der Waals surface area contributed by atoms with Gasteiger partial charge in [-0.15, -0.1) is 0 Å². The molecule has 0 atom stereocenters. The third-order valence-electron chi connectivity index (χ3n) is 2.59. The van der Waals surface area contributed by atoms with Crippen molar-refractivity contribution in [2.45, 2.75) is 12.8 Å². The highest BCUT2D eigenvalue weighted by Gasteiger charge is 2.02. The highest BCUT2D eigenvalue weighted by molar-refractivity contribution is 5.91. The summed E-state index contributed by atoms with van der Waals surface area (Å²) in [5, 5.41) is 11.3. The van der Waals surface area contributed by atoms with E-state index >= 15 is 0 Å². The first kappa shape index (κ1) is 16.3. The lowest BCUT2D eigenvalue weighted by atomic mass is 10.1. The molecule has 8 heteroatoms. The molecule has 1 aromatic rings. The van der Waals surface area contributed by atoms with Crippen LogP contribution in [0.25, 0.3) is 0 Å². The van der Waals surface area contributed by atoms with Gasteiger partial charge in [-0.1, -0.05) is 6.08 Å². The molecule has 0 unspecified atom stereocenters. The lowest BCUT2D eigenvalue weighted by molar-refractivity contribution is -0.114. The fraction of sp³-hybridized carbons (Fsp3) is 0.231. The third kappa shape index (κ3) is 5.41. The second kappa shape index (κ2) is 7.75. The molecular weight excluding hydrogens is 272 g/mol. The smallest absolute Gasteiger partial charge is 0.239 e. The average Bonchev–Trinajstić information content (AvgIpc) is 2.47. The van der Waals surface area contributed by atoms with Crippen LogP contribution in [0, 0.1) is 0 Å². The monoisotopic (exact) mass is 292 g/mol. The minimum Gasteiger partial charge on any atom is -0.510 e. The third-order valence-corrected chi connectivity index (χ3v) is 2.59. The standard InChI is InChI=1S/C7H11N5O.C6H9NO/c8-3-6(13)11-5-2-1-4(9)7(10)12-5;7-5-3-1-2-4-6(5)8/h1-2H,3,8-9H2,(H3,10,11,12,13);1,3,8H,2,4,7H2. The average molecular weight is 292 g/mol. The van der Waals surface area contributed by atoms with Crippen molar-refractivity contribution in [3.63, 3.8) is 0 Å². The zero-order valence-electron chi connectivity index (χ0n) is 11.5. The summed E-state index contributed by atoms with van der Waals surface area (Å²) >= 11 is 0. The molecule has 1 aliphatic rings. The first-order chi connectivity index (χ1) is 9.93. The number of rotatable bonds is 2. The lowest BCUT2D eigenvalue weighted by Gasteiger charge is -2.04.